The summed E-state index contributed by atoms with van der Waals surface area (Å²) in [6.07, 6.45) is -0.530. The van der Waals surface area contributed by atoms with Gasteiger partial charge >= 0.3 is 13.1 Å². The third-order valence-corrected chi connectivity index (χ3v) is 4.24. The van der Waals surface area contributed by atoms with Gasteiger partial charge in [0, 0.05) is 18.0 Å². The normalized spacial score (nSPS) is 23.1. The predicted molar refractivity (Wildman–Crippen MR) is 82.5 cm³/mol. The molecule has 1 aliphatic heterocycles. The van der Waals surface area contributed by atoms with Crippen LogP contribution in [0.15, 0.2) is 17.5 Å². The molecule has 2 rings (SSSR count). The monoisotopic (exact) mass is 326 g/mol. The number of likely N-dealkylation sites (N-methyl/N-ethyl adjacent to an activating group) is 1. The Bertz CT molecular complexity index is 513. The largest absolute Gasteiger partial charge is 0.481 e. The highest BCUT2D eigenvalue weighted by Crippen LogP contribution is 2.12. The maximum Gasteiger partial charge on any atom is 0.479 e. The van der Waals surface area contributed by atoms with Crippen LogP contribution in [0, 0.1) is 0 Å². The molecule has 0 aliphatic carbocycles. The maximum atomic E-state index is 12.0. The molecule has 0 aromatic carbocycles. The van der Waals surface area contributed by atoms with Crippen LogP contribution in [0.3, 0.4) is 0 Å². The summed E-state index contributed by atoms with van der Waals surface area (Å²) in [6, 6.07) is 3.75. The number of carbonyl (C=O) groups excluding carboxylic acids is 1. The fourth-order valence-electron chi connectivity index (χ4n) is 2.44. The van der Waals surface area contributed by atoms with E-state index in [4.69, 9.17) is 9.76 Å². The van der Waals surface area contributed by atoms with E-state index >= 15 is 0 Å². The van der Waals surface area contributed by atoms with Crippen LogP contribution in [0.2, 0.25) is 0 Å². The Morgan fingerprint density at radius 2 is 2.32 bits per heavy atom. The lowest BCUT2D eigenvalue weighted by molar-refractivity contribution is -0.139. The summed E-state index contributed by atoms with van der Waals surface area (Å²) in [5.41, 5.74) is 0. The molecule has 1 fully saturated rings. The summed E-state index contributed by atoms with van der Waals surface area (Å²) in [4.78, 5) is 25.6. The van der Waals surface area contributed by atoms with Gasteiger partial charge in [0.1, 0.15) is 0 Å². The highest BCUT2D eigenvalue weighted by molar-refractivity contribution is 7.10. The number of carbonyl (C=O) groups is 2. The number of amides is 1. The Balaban J connectivity index is 1.92. The molecule has 1 aromatic heterocycles. The van der Waals surface area contributed by atoms with E-state index in [9.17, 15) is 14.6 Å². The molecule has 0 saturated carbocycles. The van der Waals surface area contributed by atoms with Gasteiger partial charge in [-0.15, -0.1) is 11.3 Å². The first-order valence-electron chi connectivity index (χ1n) is 6.99. The van der Waals surface area contributed by atoms with Gasteiger partial charge in [0.2, 0.25) is 5.91 Å². The molecule has 2 heterocycles. The number of carboxylic acid groups (broad SMARTS) is 1. The van der Waals surface area contributed by atoms with Gasteiger partial charge in [-0.05, 0) is 18.5 Å². The predicted octanol–water partition coefficient (Wildman–Crippen LogP) is -0.400. The van der Waals surface area contributed by atoms with Crippen molar-refractivity contribution in [2.75, 3.05) is 20.1 Å². The third kappa shape index (κ3) is 5.10. The molecular formula is C13H19BN2O5S. The van der Waals surface area contributed by atoms with Gasteiger partial charge in [0.05, 0.1) is 24.9 Å². The zero-order valence-electron chi connectivity index (χ0n) is 12.3. The van der Waals surface area contributed by atoms with Crippen LogP contribution >= 0.6 is 11.3 Å². The van der Waals surface area contributed by atoms with Crippen LogP contribution < -0.4 is 5.32 Å². The minimum absolute atomic E-state index is 0.183. The van der Waals surface area contributed by atoms with Gasteiger partial charge in [-0.3, -0.25) is 9.59 Å². The Labute approximate surface area is 133 Å². The zero-order chi connectivity index (χ0) is 16.1. The van der Waals surface area contributed by atoms with E-state index in [1.807, 2.05) is 22.4 Å². The molecule has 2 unspecified atom stereocenters. The van der Waals surface area contributed by atoms with Gasteiger partial charge in [0.15, 0.2) is 0 Å². The lowest BCUT2D eigenvalue weighted by Crippen LogP contribution is -2.51. The molecule has 7 nitrogen and oxygen atoms in total. The number of carboxylic acids is 1. The summed E-state index contributed by atoms with van der Waals surface area (Å²) < 4.78 is 5.36. The molecule has 22 heavy (non-hydrogen) atoms. The average Bonchev–Trinajstić information content (AvgIpc) is 2.85. The summed E-state index contributed by atoms with van der Waals surface area (Å²) in [7, 11) is 0.580. The number of hydrogen-bond acceptors (Lipinski definition) is 6. The Morgan fingerprint density at radius 1 is 1.55 bits per heavy atom. The molecule has 1 amide bonds. The molecule has 0 radical (unpaired) electrons. The maximum absolute atomic E-state index is 12.0. The minimum atomic E-state index is -1.22. The van der Waals surface area contributed by atoms with E-state index in [0.29, 0.717) is 13.1 Å². The van der Waals surface area contributed by atoms with Crippen molar-refractivity contribution in [1.29, 1.82) is 0 Å². The van der Waals surface area contributed by atoms with Gasteiger partial charge in [-0.1, -0.05) is 6.07 Å². The molecular weight excluding hydrogens is 307 g/mol. The third-order valence-electron chi connectivity index (χ3n) is 3.36. The van der Waals surface area contributed by atoms with Crippen LogP contribution in [0.5, 0.6) is 0 Å². The van der Waals surface area contributed by atoms with Crippen molar-refractivity contribution in [2.45, 2.75) is 24.9 Å². The Hall–Kier alpha value is -1.42. The van der Waals surface area contributed by atoms with Crippen molar-refractivity contribution in [2.24, 2.45) is 0 Å². The number of nitrogens with zero attached hydrogens (tertiary/aromatic N) is 1. The van der Waals surface area contributed by atoms with E-state index in [1.54, 1.807) is 7.05 Å². The van der Waals surface area contributed by atoms with Crippen molar-refractivity contribution in [3.05, 3.63) is 22.4 Å². The first-order valence-corrected chi connectivity index (χ1v) is 7.87. The second-order valence-electron chi connectivity index (χ2n) is 5.40. The smallest absolute Gasteiger partial charge is 0.479 e. The molecule has 0 bridgehead atoms. The van der Waals surface area contributed by atoms with E-state index in [2.05, 4.69) is 5.32 Å². The van der Waals surface area contributed by atoms with Crippen molar-refractivity contribution in [1.82, 2.24) is 10.2 Å². The van der Waals surface area contributed by atoms with Crippen LogP contribution in [-0.4, -0.2) is 66.2 Å². The summed E-state index contributed by atoms with van der Waals surface area (Å²) in [5.74, 6) is -1.76. The molecule has 120 valence electrons. The zero-order valence-corrected chi connectivity index (χ0v) is 13.1. The second kappa shape index (κ2) is 7.73. The second-order valence-corrected chi connectivity index (χ2v) is 6.43. The summed E-state index contributed by atoms with van der Waals surface area (Å²) >= 11 is 1.50. The van der Waals surface area contributed by atoms with Gasteiger partial charge in [-0.25, -0.2) is 0 Å². The number of hydrogen-bond donors (Lipinski definition) is 3. The topological polar surface area (TPSA) is 99.1 Å². The fourth-order valence-corrected chi connectivity index (χ4v) is 3.14. The first kappa shape index (κ1) is 16.9. The van der Waals surface area contributed by atoms with Crippen molar-refractivity contribution < 1.29 is 24.4 Å². The van der Waals surface area contributed by atoms with Crippen LogP contribution in [0.1, 0.15) is 11.3 Å². The van der Waals surface area contributed by atoms with Crippen molar-refractivity contribution in [3.63, 3.8) is 0 Å². The molecule has 0 spiro atoms. The fraction of sp³-hybridized carbons (Fsp3) is 0.538. The number of nitrogens with one attached hydrogen (secondary N) is 1. The molecule has 1 saturated heterocycles. The lowest BCUT2D eigenvalue weighted by Gasteiger charge is -2.21. The van der Waals surface area contributed by atoms with Crippen molar-refractivity contribution >= 4 is 30.3 Å². The van der Waals surface area contributed by atoms with Crippen LogP contribution in [0.25, 0.3) is 0 Å². The lowest BCUT2D eigenvalue weighted by atomic mass is 9.78. The Morgan fingerprint density at radius 3 is 2.95 bits per heavy atom. The average molecular weight is 326 g/mol. The molecule has 1 aromatic rings. The summed E-state index contributed by atoms with van der Waals surface area (Å²) in [5, 5.41) is 23.6. The SMILES string of the molecule is CN1CC(CC(=O)O)OB(O)C(NC(=O)Cc2cccs2)C1. The molecule has 2 atom stereocenters. The van der Waals surface area contributed by atoms with Crippen LogP contribution in [0.4, 0.5) is 0 Å². The van der Waals surface area contributed by atoms with Gasteiger partial charge < -0.3 is 25.0 Å². The molecule has 9 heteroatoms. The quantitative estimate of drug-likeness (QED) is 0.637. The van der Waals surface area contributed by atoms with E-state index in [-0.39, 0.29) is 18.7 Å². The number of rotatable bonds is 5. The Kier molecular flexibility index (Phi) is 5.95. The molecule has 3 N–H and O–H groups in total. The molecule has 1 aliphatic rings. The summed E-state index contributed by atoms with van der Waals surface area (Å²) in [6.45, 7) is 0.786. The van der Waals surface area contributed by atoms with Gasteiger partial charge in [0.25, 0.3) is 0 Å². The minimum Gasteiger partial charge on any atom is -0.481 e. The van der Waals surface area contributed by atoms with Crippen LogP contribution in [-0.2, 0) is 20.7 Å². The van der Waals surface area contributed by atoms with E-state index in [0.717, 1.165) is 4.88 Å². The standard InChI is InChI=1S/C13H19BN2O5S/c1-16-7-9(5-13(18)19)21-14(20)11(8-16)15-12(17)6-10-3-2-4-22-10/h2-4,9,11,20H,5-8H2,1H3,(H,15,17)(H,18,19). The van der Waals surface area contributed by atoms with Gasteiger partial charge in [-0.2, -0.15) is 0 Å². The first-order chi connectivity index (χ1) is 10.4. The highest BCUT2D eigenvalue weighted by Gasteiger charge is 2.36. The van der Waals surface area contributed by atoms with E-state index in [1.165, 1.54) is 11.3 Å². The van der Waals surface area contributed by atoms with E-state index < -0.39 is 25.1 Å². The van der Waals surface area contributed by atoms with Crippen molar-refractivity contribution in [3.8, 4) is 0 Å². The number of thiophene rings is 1. The number of aliphatic carboxylic acids is 1. The highest BCUT2D eigenvalue weighted by atomic mass is 32.1.